The molecule has 3 aromatic carbocycles. The van der Waals surface area contributed by atoms with E-state index in [1.165, 1.54) is 41.7 Å². The lowest BCUT2D eigenvalue weighted by Crippen LogP contribution is -2.43. The number of anilines is 1. The fourth-order valence-electron chi connectivity index (χ4n) is 5.27. The number of ether oxygens (including phenoxy) is 2. The van der Waals surface area contributed by atoms with E-state index < -0.39 is 51.8 Å². The molecule has 0 aromatic heterocycles. The van der Waals surface area contributed by atoms with Crippen LogP contribution in [-0.2, 0) is 32.2 Å². The Morgan fingerprint density at radius 2 is 1.72 bits per heavy atom. The molecular formula is C33H37F3N2O7S. The highest BCUT2D eigenvalue weighted by molar-refractivity contribution is 7.89. The zero-order valence-corrected chi connectivity index (χ0v) is 26.5. The second-order valence-corrected chi connectivity index (χ2v) is 13.5. The van der Waals surface area contributed by atoms with Crippen LogP contribution in [0.5, 0.6) is 5.75 Å². The summed E-state index contributed by atoms with van der Waals surface area (Å²) >= 11 is 0. The number of aliphatic hydroxyl groups is 1. The van der Waals surface area contributed by atoms with Gasteiger partial charge in [-0.3, -0.25) is 9.69 Å². The predicted octanol–water partition coefficient (Wildman–Crippen LogP) is 5.57. The van der Waals surface area contributed by atoms with Crippen molar-refractivity contribution in [2.45, 2.75) is 50.0 Å². The molecule has 248 valence electrons. The minimum Gasteiger partial charge on any atom is -0.497 e. The van der Waals surface area contributed by atoms with Gasteiger partial charge in [0.25, 0.3) is 0 Å². The number of aliphatic hydroxyl groups excluding tert-OH is 1. The lowest BCUT2D eigenvalue weighted by Gasteiger charge is -2.30. The van der Waals surface area contributed by atoms with Crippen LogP contribution in [0.3, 0.4) is 0 Å². The van der Waals surface area contributed by atoms with E-state index in [1.807, 2.05) is 32.0 Å². The number of rotatable bonds is 14. The summed E-state index contributed by atoms with van der Waals surface area (Å²) in [5.41, 5.74) is -0.222. The lowest BCUT2D eigenvalue weighted by atomic mass is 9.88. The van der Waals surface area contributed by atoms with Crippen LogP contribution in [-0.4, -0.2) is 68.7 Å². The van der Waals surface area contributed by atoms with Crippen LogP contribution in [0.4, 0.5) is 23.7 Å². The third-order valence-corrected chi connectivity index (χ3v) is 9.51. The molecule has 1 heterocycles. The van der Waals surface area contributed by atoms with Gasteiger partial charge in [-0.1, -0.05) is 50.2 Å². The number of halogens is 3. The molecule has 1 fully saturated rings. The van der Waals surface area contributed by atoms with Gasteiger partial charge in [0.05, 0.1) is 30.2 Å². The number of hydrogen-bond acceptors (Lipinski definition) is 7. The minimum atomic E-state index is -4.63. The van der Waals surface area contributed by atoms with Crippen molar-refractivity contribution in [3.63, 3.8) is 0 Å². The summed E-state index contributed by atoms with van der Waals surface area (Å²) in [4.78, 5) is 27.1. The minimum absolute atomic E-state index is 0.0180. The van der Waals surface area contributed by atoms with E-state index in [0.29, 0.717) is 5.75 Å². The predicted molar refractivity (Wildman–Crippen MR) is 165 cm³/mol. The lowest BCUT2D eigenvalue weighted by molar-refractivity contribution is -0.137. The van der Waals surface area contributed by atoms with E-state index in [0.717, 1.165) is 28.7 Å². The molecule has 0 radical (unpaired) electrons. The van der Waals surface area contributed by atoms with Crippen LogP contribution >= 0.6 is 0 Å². The summed E-state index contributed by atoms with van der Waals surface area (Å²) in [7, 11) is -2.58. The normalized spacial score (nSPS) is 16.8. The highest BCUT2D eigenvalue weighted by Crippen LogP contribution is 2.33. The first-order valence-corrected chi connectivity index (χ1v) is 16.2. The number of carbonyl (C=O) groups excluding carboxylic acids is 2. The Hall–Kier alpha value is -3.94. The molecule has 0 bridgehead atoms. The van der Waals surface area contributed by atoms with Crippen LogP contribution in [0, 0.1) is 11.8 Å². The van der Waals surface area contributed by atoms with Crippen LogP contribution in [0.25, 0.3) is 0 Å². The van der Waals surface area contributed by atoms with E-state index in [4.69, 9.17) is 9.47 Å². The molecule has 46 heavy (non-hydrogen) atoms. The molecule has 0 saturated carbocycles. The van der Waals surface area contributed by atoms with Gasteiger partial charge < -0.3 is 14.6 Å². The van der Waals surface area contributed by atoms with Crippen molar-refractivity contribution in [1.29, 1.82) is 0 Å². The number of sulfonamides is 1. The van der Waals surface area contributed by atoms with Gasteiger partial charge in [0.2, 0.25) is 10.0 Å². The second kappa shape index (κ2) is 14.7. The van der Waals surface area contributed by atoms with Crippen molar-refractivity contribution in [3.05, 3.63) is 90.0 Å². The molecule has 1 N–H and O–H groups in total. The molecule has 9 nitrogen and oxygen atoms in total. The van der Waals surface area contributed by atoms with E-state index >= 15 is 0 Å². The van der Waals surface area contributed by atoms with Gasteiger partial charge >= 0.3 is 12.3 Å². The maximum Gasteiger partial charge on any atom is 0.416 e. The van der Waals surface area contributed by atoms with E-state index in [1.54, 1.807) is 12.1 Å². The Kier molecular flexibility index (Phi) is 11.1. The van der Waals surface area contributed by atoms with Gasteiger partial charge in [-0.15, -0.1) is 0 Å². The number of cyclic esters (lactones) is 1. The maximum absolute atomic E-state index is 13.7. The standard InChI is InChI=1S/C33H37F3N2O7S/c1-22(2)19-37(46(42,43)28-14-12-27(44-3)13-15-28)20-30(40)24(16-23-8-5-4-6-9-23)17-29(39)31-21-38(32(41)45-31)26-11-7-10-25(18-26)33(34,35)36/h4-15,18,22,24,30-31,40H,16-17,19-21H2,1-3H3/t24-,30-,31+/m1/s1. The zero-order valence-electron chi connectivity index (χ0n) is 25.7. The van der Waals surface area contributed by atoms with Gasteiger partial charge in [-0.25, -0.2) is 13.2 Å². The Balaban J connectivity index is 1.55. The first-order chi connectivity index (χ1) is 21.7. The van der Waals surface area contributed by atoms with Crippen molar-refractivity contribution in [3.8, 4) is 5.75 Å². The topological polar surface area (TPSA) is 113 Å². The molecule has 4 rings (SSSR count). The summed E-state index contributed by atoms with van der Waals surface area (Å²) in [6, 6.07) is 19.1. The van der Waals surface area contributed by atoms with Crippen molar-refractivity contribution < 1.29 is 45.8 Å². The van der Waals surface area contributed by atoms with Gasteiger partial charge in [0, 0.05) is 25.2 Å². The summed E-state index contributed by atoms with van der Waals surface area (Å²) < 4.78 is 78.7. The van der Waals surface area contributed by atoms with Crippen LogP contribution in [0.1, 0.15) is 31.4 Å². The summed E-state index contributed by atoms with van der Waals surface area (Å²) in [6.07, 6.45) is -8.24. The highest BCUT2D eigenvalue weighted by Gasteiger charge is 2.40. The maximum atomic E-state index is 13.7. The first kappa shape index (κ1) is 34.9. The van der Waals surface area contributed by atoms with Crippen LogP contribution in [0.15, 0.2) is 83.8 Å². The number of benzene rings is 3. The number of methoxy groups -OCH3 is 1. The number of Topliss-reactive ketones (excluding diaryl/α,β-unsaturated/α-hetero) is 1. The second-order valence-electron chi connectivity index (χ2n) is 11.6. The smallest absolute Gasteiger partial charge is 0.416 e. The molecule has 0 unspecified atom stereocenters. The molecule has 0 aliphatic carbocycles. The SMILES string of the molecule is COc1ccc(S(=O)(=O)N(CC(C)C)C[C@@H](O)[C@@H](CC(=O)[C@@H]2CN(c3cccc(C(F)(F)F)c3)C(=O)O2)Cc2ccccc2)cc1. The number of alkyl halides is 3. The Bertz CT molecular complexity index is 1600. The van der Waals surface area contributed by atoms with Crippen molar-refractivity contribution in [2.75, 3.05) is 31.6 Å². The van der Waals surface area contributed by atoms with Gasteiger partial charge in [-0.05, 0) is 66.3 Å². The van der Waals surface area contributed by atoms with Gasteiger partial charge in [-0.2, -0.15) is 17.5 Å². The third kappa shape index (κ3) is 8.65. The van der Waals surface area contributed by atoms with E-state index in [2.05, 4.69) is 0 Å². The molecule has 1 amide bonds. The van der Waals surface area contributed by atoms with E-state index in [9.17, 15) is 36.3 Å². The Morgan fingerprint density at radius 3 is 2.33 bits per heavy atom. The molecule has 3 aromatic rings. The van der Waals surface area contributed by atoms with Crippen molar-refractivity contribution in [2.24, 2.45) is 11.8 Å². The van der Waals surface area contributed by atoms with Gasteiger partial charge in [0.15, 0.2) is 11.9 Å². The monoisotopic (exact) mass is 662 g/mol. The average Bonchev–Trinajstić information content (AvgIpc) is 3.42. The molecule has 3 atom stereocenters. The fourth-order valence-corrected chi connectivity index (χ4v) is 6.90. The molecular weight excluding hydrogens is 625 g/mol. The average molecular weight is 663 g/mol. The summed E-state index contributed by atoms with van der Waals surface area (Å²) in [5, 5.41) is 11.5. The molecule has 13 heteroatoms. The molecule has 1 saturated heterocycles. The van der Waals surface area contributed by atoms with Crippen molar-refractivity contribution in [1.82, 2.24) is 4.31 Å². The molecule has 1 aliphatic rings. The van der Waals surface area contributed by atoms with Crippen LogP contribution < -0.4 is 9.64 Å². The van der Waals surface area contributed by atoms with Crippen LogP contribution in [0.2, 0.25) is 0 Å². The Morgan fingerprint density at radius 1 is 1.04 bits per heavy atom. The summed E-state index contributed by atoms with van der Waals surface area (Å²) in [6.45, 7) is 3.18. The van der Waals surface area contributed by atoms with Gasteiger partial charge in [0.1, 0.15) is 5.75 Å². The first-order valence-electron chi connectivity index (χ1n) is 14.7. The fraction of sp³-hybridized carbons (Fsp3) is 0.394. The summed E-state index contributed by atoms with van der Waals surface area (Å²) in [5.74, 6) is -0.933. The molecule has 0 spiro atoms. The number of carbonyl (C=O) groups is 2. The number of hydrogen-bond donors (Lipinski definition) is 1. The third-order valence-electron chi connectivity index (χ3n) is 7.66. The zero-order chi connectivity index (χ0) is 33.6. The quantitative estimate of drug-likeness (QED) is 0.240. The molecule has 1 aliphatic heterocycles. The number of amides is 1. The van der Waals surface area contributed by atoms with E-state index in [-0.39, 0.29) is 49.0 Å². The highest BCUT2D eigenvalue weighted by atomic mass is 32.2. The largest absolute Gasteiger partial charge is 0.497 e. The van der Waals surface area contributed by atoms with Crippen molar-refractivity contribution >= 4 is 27.6 Å². The number of ketones is 1. The number of nitrogens with zero attached hydrogens (tertiary/aromatic N) is 2. The Labute approximate surface area is 266 Å².